The monoisotopic (exact) mass is 646 g/mol. The first-order chi connectivity index (χ1) is 22.0. The quantitative estimate of drug-likeness (QED) is 0.123. The molecule has 8 N–H and O–H groups in total. The van der Waals surface area contributed by atoms with E-state index in [1.807, 2.05) is 12.1 Å². The lowest BCUT2D eigenvalue weighted by molar-refractivity contribution is -0.291. The lowest BCUT2D eigenvalue weighted by Gasteiger charge is -2.44. The molecule has 15 heteroatoms. The van der Waals surface area contributed by atoms with Gasteiger partial charge in [0, 0.05) is 17.2 Å². The first kappa shape index (κ1) is 32.1. The van der Waals surface area contributed by atoms with Crippen molar-refractivity contribution in [3.8, 4) is 28.7 Å². The number of aliphatic hydroxyl groups is 3. The van der Waals surface area contributed by atoms with Crippen LogP contribution in [0.3, 0.4) is 0 Å². The van der Waals surface area contributed by atoms with Gasteiger partial charge in [-0.1, -0.05) is 6.07 Å². The van der Waals surface area contributed by atoms with Gasteiger partial charge in [0.25, 0.3) is 0 Å². The van der Waals surface area contributed by atoms with E-state index >= 15 is 0 Å². The maximum absolute atomic E-state index is 12.1. The summed E-state index contributed by atoms with van der Waals surface area (Å²) < 4.78 is 41.3. The van der Waals surface area contributed by atoms with Gasteiger partial charge in [0.05, 0.1) is 26.3 Å². The highest BCUT2D eigenvalue weighted by Gasteiger charge is 2.57. The Morgan fingerprint density at radius 3 is 2.37 bits per heavy atom. The second kappa shape index (κ2) is 12.4. The Bertz CT molecular complexity index is 1480. The van der Waals surface area contributed by atoms with E-state index < -0.39 is 73.0 Å². The Balaban J connectivity index is 1.28. The number of hydrogen-bond donors (Lipinski definition) is 6. The number of aliphatic hydroxyl groups excluding tert-OH is 3. The lowest BCUT2D eigenvalue weighted by Crippen LogP contribution is -2.66. The van der Waals surface area contributed by atoms with Crippen molar-refractivity contribution < 1.29 is 63.2 Å². The molecule has 1 saturated carbocycles. The Labute approximate surface area is 263 Å². The van der Waals surface area contributed by atoms with Gasteiger partial charge in [-0.15, -0.1) is 0 Å². The number of ether oxygens (including phenoxy) is 7. The molecule has 1 aliphatic carbocycles. The van der Waals surface area contributed by atoms with E-state index in [1.54, 1.807) is 32.4 Å². The molecule has 0 unspecified atom stereocenters. The molecule has 1 saturated heterocycles. The molecule has 3 heterocycles. The van der Waals surface area contributed by atoms with Gasteiger partial charge in [0.15, 0.2) is 17.6 Å². The SMILES string of the molecule is COc1ccc2c(c1OC)O[C@H]1c3ccc(O[C@@H]4O[C@H]([C@H](OC(=O)CC(=O)O)C(N)N)[C@@H](O)[C@H](O)[C@H]4O)cc3OC3(CCCC3)[C@@H]21. The van der Waals surface area contributed by atoms with Gasteiger partial charge in [0.2, 0.25) is 12.0 Å². The fourth-order valence-corrected chi connectivity index (χ4v) is 7.08. The van der Waals surface area contributed by atoms with Crippen LogP contribution in [-0.4, -0.2) is 95.2 Å². The van der Waals surface area contributed by atoms with Crippen molar-refractivity contribution in [2.75, 3.05) is 14.2 Å². The van der Waals surface area contributed by atoms with Crippen LogP contribution >= 0.6 is 0 Å². The zero-order chi connectivity index (χ0) is 32.9. The van der Waals surface area contributed by atoms with Gasteiger partial charge in [0.1, 0.15) is 54.0 Å². The minimum atomic E-state index is -1.82. The van der Waals surface area contributed by atoms with E-state index in [4.69, 9.17) is 49.7 Å². The zero-order valence-electron chi connectivity index (χ0n) is 25.2. The maximum atomic E-state index is 12.1. The Kier molecular flexibility index (Phi) is 8.65. The van der Waals surface area contributed by atoms with Crippen LogP contribution in [0, 0.1) is 0 Å². The number of methoxy groups -OCH3 is 2. The van der Waals surface area contributed by atoms with Crippen molar-refractivity contribution in [1.82, 2.24) is 0 Å². The van der Waals surface area contributed by atoms with Crippen molar-refractivity contribution in [3.05, 3.63) is 41.5 Å². The van der Waals surface area contributed by atoms with Crippen LogP contribution in [0.5, 0.6) is 28.7 Å². The van der Waals surface area contributed by atoms with Gasteiger partial charge in [-0.05, 0) is 43.9 Å². The number of carbonyl (C=O) groups is 2. The first-order valence-corrected chi connectivity index (χ1v) is 15.0. The number of carbonyl (C=O) groups excluding carboxylic acids is 1. The Morgan fingerprint density at radius 1 is 1.00 bits per heavy atom. The number of nitrogens with two attached hydrogens (primary N) is 2. The highest BCUT2D eigenvalue weighted by atomic mass is 16.7. The molecule has 0 amide bonds. The molecule has 0 bridgehead atoms. The third-order valence-electron chi connectivity index (χ3n) is 9.16. The average Bonchev–Trinajstić information content (AvgIpc) is 3.65. The van der Waals surface area contributed by atoms with Crippen molar-refractivity contribution in [2.24, 2.45) is 11.5 Å². The second-order valence-corrected chi connectivity index (χ2v) is 12.0. The van der Waals surface area contributed by atoms with Crippen LogP contribution < -0.4 is 35.2 Å². The molecular formula is C31H38N2O13. The normalized spacial score (nSPS) is 29.5. The summed E-state index contributed by atoms with van der Waals surface area (Å²) in [5.74, 6) is -0.384. The molecule has 250 valence electrons. The van der Waals surface area contributed by atoms with E-state index in [0.29, 0.717) is 23.0 Å². The Morgan fingerprint density at radius 2 is 1.72 bits per heavy atom. The topological polar surface area (TPSA) is 232 Å². The van der Waals surface area contributed by atoms with E-state index in [0.717, 1.165) is 36.8 Å². The predicted octanol–water partition coefficient (Wildman–Crippen LogP) is 0.443. The lowest BCUT2D eigenvalue weighted by atomic mass is 9.74. The third kappa shape index (κ3) is 5.46. The second-order valence-electron chi connectivity index (χ2n) is 12.0. The van der Waals surface area contributed by atoms with Crippen molar-refractivity contribution in [3.63, 3.8) is 0 Å². The Hall–Kier alpha value is -3.86. The molecule has 46 heavy (non-hydrogen) atoms. The summed E-state index contributed by atoms with van der Waals surface area (Å²) in [6.45, 7) is 0. The molecule has 8 atom stereocenters. The molecule has 0 aromatic heterocycles. The van der Waals surface area contributed by atoms with Gasteiger partial charge in [-0.3, -0.25) is 9.59 Å². The van der Waals surface area contributed by atoms with Crippen molar-refractivity contribution in [2.45, 2.75) is 92.7 Å². The largest absolute Gasteiger partial charge is 0.493 e. The summed E-state index contributed by atoms with van der Waals surface area (Å²) in [5.41, 5.74) is 12.7. The van der Waals surface area contributed by atoms with E-state index in [-0.39, 0.29) is 11.7 Å². The molecular weight excluding hydrogens is 608 g/mol. The van der Waals surface area contributed by atoms with Crippen LogP contribution in [0.1, 0.15) is 55.3 Å². The minimum Gasteiger partial charge on any atom is -0.493 e. The standard InChI is InChI=1S/C31H38N2O13/c1-40-16-8-7-15-20-24(44-25(15)26(16)41-2)14-6-5-13(11-17(14)46-31(20)9-3-4-10-31)42-30-23(39)21(37)22(38)27(45-30)28(29(32)33)43-19(36)12-18(34)35/h5-8,11,20-24,27-30,37-39H,3-4,9-10,12,32-33H2,1-2H3,(H,34,35)/t20-,21-,22-,23+,24-,27-,28-,30+/m0/s1. The number of carboxylic acid groups (broad SMARTS) is 1. The van der Waals surface area contributed by atoms with Gasteiger partial charge in [-0.25, -0.2) is 0 Å². The van der Waals surface area contributed by atoms with E-state index in [9.17, 15) is 24.9 Å². The zero-order valence-corrected chi connectivity index (χ0v) is 25.2. The van der Waals surface area contributed by atoms with Gasteiger partial charge in [-0.2, -0.15) is 0 Å². The number of rotatable bonds is 9. The predicted molar refractivity (Wildman–Crippen MR) is 156 cm³/mol. The first-order valence-electron chi connectivity index (χ1n) is 15.0. The molecule has 6 rings (SSSR count). The van der Waals surface area contributed by atoms with Crippen LogP contribution in [0.15, 0.2) is 30.3 Å². The third-order valence-corrected chi connectivity index (χ3v) is 9.16. The number of carboxylic acids is 1. The average molecular weight is 647 g/mol. The smallest absolute Gasteiger partial charge is 0.317 e. The molecule has 2 aromatic carbocycles. The molecule has 4 aliphatic rings. The number of hydrogen-bond acceptors (Lipinski definition) is 14. The molecule has 15 nitrogen and oxygen atoms in total. The summed E-state index contributed by atoms with van der Waals surface area (Å²) in [6.07, 6.45) is -9.40. The fourth-order valence-electron chi connectivity index (χ4n) is 7.08. The van der Waals surface area contributed by atoms with Gasteiger partial charge >= 0.3 is 11.9 Å². The van der Waals surface area contributed by atoms with Crippen LogP contribution in [0.2, 0.25) is 0 Å². The number of benzene rings is 2. The van der Waals surface area contributed by atoms with Crippen molar-refractivity contribution in [1.29, 1.82) is 0 Å². The fraction of sp³-hybridized carbons (Fsp3) is 0.548. The summed E-state index contributed by atoms with van der Waals surface area (Å²) >= 11 is 0. The summed E-state index contributed by atoms with van der Waals surface area (Å²) in [7, 11) is 3.13. The van der Waals surface area contributed by atoms with Crippen LogP contribution in [0.25, 0.3) is 0 Å². The summed E-state index contributed by atoms with van der Waals surface area (Å²) in [6, 6.07) is 8.89. The molecule has 2 aromatic rings. The number of esters is 1. The van der Waals surface area contributed by atoms with Crippen LogP contribution in [0.4, 0.5) is 0 Å². The maximum Gasteiger partial charge on any atom is 0.317 e. The number of fused-ring (bicyclic) bond motifs is 6. The molecule has 2 fully saturated rings. The van der Waals surface area contributed by atoms with Crippen molar-refractivity contribution >= 4 is 11.9 Å². The highest BCUT2D eigenvalue weighted by Crippen LogP contribution is 2.64. The minimum absolute atomic E-state index is 0.105. The highest BCUT2D eigenvalue weighted by molar-refractivity contribution is 5.90. The summed E-state index contributed by atoms with van der Waals surface area (Å²) in [4.78, 5) is 23.0. The number of aliphatic carboxylic acids is 1. The summed E-state index contributed by atoms with van der Waals surface area (Å²) in [5, 5.41) is 40.9. The molecule has 1 spiro atoms. The molecule has 0 radical (unpaired) electrons. The van der Waals surface area contributed by atoms with Gasteiger partial charge < -0.3 is 65.1 Å². The van der Waals surface area contributed by atoms with E-state index in [2.05, 4.69) is 0 Å². The van der Waals surface area contributed by atoms with Crippen LogP contribution in [-0.2, 0) is 19.1 Å². The van der Waals surface area contributed by atoms with E-state index in [1.165, 1.54) is 0 Å². The molecule has 3 aliphatic heterocycles.